The van der Waals surface area contributed by atoms with Crippen molar-refractivity contribution in [2.45, 2.75) is 50.9 Å². The third-order valence-corrected chi connectivity index (χ3v) is 5.05. The molecule has 3 unspecified atom stereocenters. The highest BCUT2D eigenvalue weighted by Gasteiger charge is 2.41. The molecule has 0 spiro atoms. The fourth-order valence-corrected chi connectivity index (χ4v) is 3.71. The number of ether oxygens (including phenoxy) is 1. The Hall–Kier alpha value is -2.32. The van der Waals surface area contributed by atoms with E-state index in [1.165, 1.54) is 12.8 Å². The van der Waals surface area contributed by atoms with Gasteiger partial charge in [0.25, 0.3) is 0 Å². The van der Waals surface area contributed by atoms with Crippen LogP contribution in [0.25, 0.3) is 0 Å². The molecule has 1 aliphatic heterocycles. The van der Waals surface area contributed by atoms with Gasteiger partial charge in [-0.05, 0) is 28.8 Å². The number of fused-ring (bicyclic) bond motifs is 1. The lowest BCUT2D eigenvalue weighted by atomic mass is 9.82. The Bertz CT molecular complexity index is 719. The van der Waals surface area contributed by atoms with Gasteiger partial charge in [-0.25, -0.2) is 10.1 Å². The van der Waals surface area contributed by atoms with E-state index in [-0.39, 0.29) is 18.6 Å². The van der Waals surface area contributed by atoms with Gasteiger partial charge in [-0.3, -0.25) is 10.2 Å². The average Bonchev–Trinajstić information content (AvgIpc) is 3.27. The predicted octanol–water partition coefficient (Wildman–Crippen LogP) is 0.800. The maximum absolute atomic E-state index is 12.5. The highest BCUT2D eigenvalue weighted by Crippen LogP contribution is 2.30. The van der Waals surface area contributed by atoms with Gasteiger partial charge in [0.05, 0.1) is 6.54 Å². The van der Waals surface area contributed by atoms with Gasteiger partial charge in [0.1, 0.15) is 6.04 Å². The second-order valence-corrected chi connectivity index (χ2v) is 6.67. The van der Waals surface area contributed by atoms with Gasteiger partial charge >= 0.3 is 5.97 Å². The van der Waals surface area contributed by atoms with E-state index in [1.54, 1.807) is 4.68 Å². The first-order valence-corrected chi connectivity index (χ1v) is 8.78. The second-order valence-electron chi connectivity index (χ2n) is 6.67. The smallest absolute Gasteiger partial charge is 0.325 e. The van der Waals surface area contributed by atoms with Crippen molar-refractivity contribution in [2.75, 3.05) is 0 Å². The van der Waals surface area contributed by atoms with Gasteiger partial charge in [0, 0.05) is 12.0 Å². The van der Waals surface area contributed by atoms with Crippen LogP contribution in [0.2, 0.25) is 0 Å². The van der Waals surface area contributed by atoms with Crippen LogP contribution in [0, 0.1) is 5.92 Å². The highest BCUT2D eigenvalue weighted by atomic mass is 16.5. The quantitative estimate of drug-likeness (QED) is 0.776. The zero-order valence-corrected chi connectivity index (χ0v) is 14.0. The molecule has 4 rings (SSSR count). The normalized spacial score (nSPS) is 25.5. The number of tetrazole rings is 1. The number of hydrazine groups is 1. The molecule has 25 heavy (non-hydrogen) atoms. The molecule has 1 aromatic heterocycles. The van der Waals surface area contributed by atoms with Crippen molar-refractivity contribution in [1.29, 1.82) is 0 Å². The summed E-state index contributed by atoms with van der Waals surface area (Å²) in [6.45, 7) is 0.628. The Morgan fingerprint density at radius 1 is 1.20 bits per heavy atom. The summed E-state index contributed by atoms with van der Waals surface area (Å²) in [7, 11) is 0. The topological polar surface area (TPSA) is 94.0 Å². The molecule has 3 atom stereocenters. The standard InChI is InChI=1S/C17H22N6O2/c24-17(16-13-8-4-5-9-14(13)18-20-16)25-11-15-19-21-22-23(15)10-12-6-2-1-3-7-12/h1-3,6-7,13-14,16,18,20H,4-5,8-11H2. The third kappa shape index (κ3) is 3.54. The molecule has 2 aromatic rings. The molecule has 1 aliphatic carbocycles. The maximum atomic E-state index is 12.5. The van der Waals surface area contributed by atoms with E-state index >= 15 is 0 Å². The van der Waals surface area contributed by atoms with Crippen molar-refractivity contribution in [3.63, 3.8) is 0 Å². The Balaban J connectivity index is 1.36. The van der Waals surface area contributed by atoms with E-state index in [1.807, 2.05) is 30.3 Å². The first-order valence-electron chi connectivity index (χ1n) is 8.78. The first-order chi connectivity index (χ1) is 12.3. The molecule has 2 heterocycles. The fourth-order valence-electron chi connectivity index (χ4n) is 3.71. The number of carbonyl (C=O) groups is 1. The van der Waals surface area contributed by atoms with Gasteiger partial charge in [-0.1, -0.05) is 43.2 Å². The van der Waals surface area contributed by atoms with Gasteiger partial charge in [-0.15, -0.1) is 5.10 Å². The molecule has 2 N–H and O–H groups in total. The van der Waals surface area contributed by atoms with Crippen LogP contribution in [0.15, 0.2) is 30.3 Å². The number of hydrogen-bond donors (Lipinski definition) is 2. The van der Waals surface area contributed by atoms with Gasteiger partial charge < -0.3 is 4.74 Å². The number of carbonyl (C=O) groups excluding carboxylic acids is 1. The largest absolute Gasteiger partial charge is 0.456 e. The van der Waals surface area contributed by atoms with Crippen molar-refractivity contribution < 1.29 is 9.53 Å². The van der Waals surface area contributed by atoms with E-state index in [4.69, 9.17) is 4.74 Å². The number of hydrogen-bond acceptors (Lipinski definition) is 7. The van der Waals surface area contributed by atoms with E-state index in [9.17, 15) is 4.79 Å². The van der Waals surface area contributed by atoms with Crippen molar-refractivity contribution in [3.8, 4) is 0 Å². The van der Waals surface area contributed by atoms with Crippen LogP contribution in [-0.4, -0.2) is 38.3 Å². The predicted molar refractivity (Wildman–Crippen MR) is 89.0 cm³/mol. The van der Waals surface area contributed by atoms with E-state index in [2.05, 4.69) is 26.4 Å². The number of nitrogens with one attached hydrogen (secondary N) is 2. The number of aromatic nitrogens is 4. The number of nitrogens with zero attached hydrogens (tertiary/aromatic N) is 4. The minimum atomic E-state index is -0.288. The molecule has 132 valence electrons. The monoisotopic (exact) mass is 342 g/mol. The van der Waals surface area contributed by atoms with Gasteiger partial charge in [0.15, 0.2) is 12.4 Å². The summed E-state index contributed by atoms with van der Waals surface area (Å²) in [5.74, 6) is 0.612. The molecule has 0 radical (unpaired) electrons. The molecule has 1 aromatic carbocycles. The first kappa shape index (κ1) is 16.2. The Kier molecular flexibility index (Phi) is 4.71. The van der Waals surface area contributed by atoms with Crippen molar-refractivity contribution in [1.82, 2.24) is 31.1 Å². The minimum absolute atomic E-state index is 0.0776. The summed E-state index contributed by atoms with van der Waals surface area (Å²) in [6.07, 6.45) is 4.54. The molecular formula is C17H22N6O2. The highest BCUT2D eigenvalue weighted by molar-refractivity contribution is 5.76. The minimum Gasteiger partial charge on any atom is -0.456 e. The van der Waals surface area contributed by atoms with E-state index in [0.717, 1.165) is 18.4 Å². The SMILES string of the molecule is O=C(OCc1nnnn1Cc1ccccc1)C1NNC2CCCCC21. The molecule has 2 aliphatic rings. The summed E-state index contributed by atoms with van der Waals surface area (Å²) in [6, 6.07) is 10.0. The molecule has 0 amide bonds. The summed E-state index contributed by atoms with van der Waals surface area (Å²) in [4.78, 5) is 12.5. The van der Waals surface area contributed by atoms with Crippen molar-refractivity contribution in [3.05, 3.63) is 41.7 Å². The van der Waals surface area contributed by atoms with Crippen LogP contribution in [0.4, 0.5) is 0 Å². The van der Waals surface area contributed by atoms with Crippen LogP contribution in [0.3, 0.4) is 0 Å². The average molecular weight is 342 g/mol. The van der Waals surface area contributed by atoms with Gasteiger partial charge in [0.2, 0.25) is 0 Å². The summed E-state index contributed by atoms with van der Waals surface area (Å²) in [5, 5.41) is 11.7. The third-order valence-electron chi connectivity index (χ3n) is 5.05. The summed E-state index contributed by atoms with van der Waals surface area (Å²) < 4.78 is 7.15. The Morgan fingerprint density at radius 2 is 2.04 bits per heavy atom. The molecule has 0 bridgehead atoms. The Morgan fingerprint density at radius 3 is 2.92 bits per heavy atom. The van der Waals surface area contributed by atoms with Crippen molar-refractivity contribution >= 4 is 5.97 Å². The fraction of sp³-hybridized carbons (Fsp3) is 0.529. The zero-order valence-electron chi connectivity index (χ0n) is 14.0. The summed E-state index contributed by atoms with van der Waals surface area (Å²) >= 11 is 0. The lowest BCUT2D eigenvalue weighted by Gasteiger charge is -2.26. The molecule has 8 heteroatoms. The van der Waals surface area contributed by atoms with Crippen LogP contribution in [0.1, 0.15) is 37.1 Å². The van der Waals surface area contributed by atoms with E-state index in [0.29, 0.717) is 24.3 Å². The Labute approximate surface area is 145 Å². The van der Waals surface area contributed by atoms with Crippen LogP contribution >= 0.6 is 0 Å². The van der Waals surface area contributed by atoms with Crippen LogP contribution < -0.4 is 10.9 Å². The molecular weight excluding hydrogens is 320 g/mol. The molecule has 2 fully saturated rings. The molecule has 1 saturated carbocycles. The van der Waals surface area contributed by atoms with Crippen LogP contribution in [0.5, 0.6) is 0 Å². The molecule has 8 nitrogen and oxygen atoms in total. The lowest BCUT2D eigenvalue weighted by molar-refractivity contribution is -0.148. The number of benzene rings is 1. The van der Waals surface area contributed by atoms with Crippen molar-refractivity contribution in [2.24, 2.45) is 5.92 Å². The van der Waals surface area contributed by atoms with Crippen LogP contribution in [-0.2, 0) is 22.7 Å². The zero-order chi connectivity index (χ0) is 17.1. The second kappa shape index (κ2) is 7.28. The summed E-state index contributed by atoms with van der Waals surface area (Å²) in [5.41, 5.74) is 7.42. The lowest BCUT2D eigenvalue weighted by Crippen LogP contribution is -2.40. The van der Waals surface area contributed by atoms with E-state index < -0.39 is 0 Å². The number of rotatable bonds is 5. The number of esters is 1. The maximum Gasteiger partial charge on any atom is 0.325 e. The molecule has 1 saturated heterocycles. The van der Waals surface area contributed by atoms with Gasteiger partial charge in [-0.2, -0.15) is 0 Å².